The second-order valence-corrected chi connectivity index (χ2v) is 5.57. The number of ketones is 1. The maximum atomic E-state index is 12.2. The van der Waals surface area contributed by atoms with E-state index in [0.717, 1.165) is 15.8 Å². The van der Waals surface area contributed by atoms with E-state index in [1.807, 2.05) is 18.2 Å². The fraction of sp³-hybridized carbons (Fsp3) is 0.133. The third kappa shape index (κ3) is 3.32. The lowest BCUT2D eigenvalue weighted by Gasteiger charge is -2.07. The van der Waals surface area contributed by atoms with Crippen LogP contribution in [0.5, 0.6) is 5.75 Å². The van der Waals surface area contributed by atoms with Crippen LogP contribution < -0.4 is 10.5 Å². The van der Waals surface area contributed by atoms with Crippen molar-refractivity contribution >= 4 is 39.0 Å². The quantitative estimate of drug-likeness (QED) is 0.664. The molecule has 3 nitrogen and oxygen atoms in total. The average molecular weight is 355 g/mol. The standard InChI is InChI=1S/C15H13BrClNO2/c1-20-15-5-2-9(6-11(15)16)7-14(19)10-3-4-12(17)13(18)8-10/h2-6,8H,7,18H2,1H3. The topological polar surface area (TPSA) is 52.3 Å². The number of carbonyl (C=O) groups is 1. The lowest BCUT2D eigenvalue weighted by molar-refractivity contribution is 0.0993. The number of methoxy groups -OCH3 is 1. The molecule has 0 aliphatic rings. The summed E-state index contributed by atoms with van der Waals surface area (Å²) in [6.45, 7) is 0. The normalized spacial score (nSPS) is 10.3. The van der Waals surface area contributed by atoms with Gasteiger partial charge in [-0.25, -0.2) is 0 Å². The summed E-state index contributed by atoms with van der Waals surface area (Å²) in [5, 5.41) is 0.453. The van der Waals surface area contributed by atoms with Crippen LogP contribution in [-0.2, 0) is 6.42 Å². The van der Waals surface area contributed by atoms with E-state index in [1.165, 1.54) is 0 Å². The van der Waals surface area contributed by atoms with Crippen LogP contribution in [0.15, 0.2) is 40.9 Å². The molecule has 0 unspecified atom stereocenters. The summed E-state index contributed by atoms with van der Waals surface area (Å²) in [5.41, 5.74) is 7.57. The highest BCUT2D eigenvalue weighted by Gasteiger charge is 2.10. The number of benzene rings is 2. The Labute approximate surface area is 130 Å². The van der Waals surface area contributed by atoms with Gasteiger partial charge < -0.3 is 10.5 Å². The van der Waals surface area contributed by atoms with Crippen LogP contribution in [0.3, 0.4) is 0 Å². The van der Waals surface area contributed by atoms with Crippen molar-refractivity contribution in [2.24, 2.45) is 0 Å². The van der Waals surface area contributed by atoms with Gasteiger partial charge >= 0.3 is 0 Å². The highest BCUT2D eigenvalue weighted by Crippen LogP contribution is 2.26. The first kappa shape index (κ1) is 14.9. The number of nitrogens with two attached hydrogens (primary N) is 1. The second kappa shape index (κ2) is 6.29. The minimum Gasteiger partial charge on any atom is -0.496 e. The van der Waals surface area contributed by atoms with Crippen molar-refractivity contribution in [1.29, 1.82) is 0 Å². The van der Waals surface area contributed by atoms with Gasteiger partial charge in [0.05, 0.1) is 22.3 Å². The van der Waals surface area contributed by atoms with Gasteiger partial charge in [0.2, 0.25) is 0 Å². The van der Waals surface area contributed by atoms with Crippen LogP contribution in [-0.4, -0.2) is 12.9 Å². The summed E-state index contributed by atoms with van der Waals surface area (Å²) in [6, 6.07) is 10.5. The maximum absolute atomic E-state index is 12.2. The summed E-state index contributed by atoms with van der Waals surface area (Å²) in [6.07, 6.45) is 0.295. The van der Waals surface area contributed by atoms with E-state index in [1.54, 1.807) is 25.3 Å². The van der Waals surface area contributed by atoms with Gasteiger partial charge in [-0.2, -0.15) is 0 Å². The number of halogens is 2. The van der Waals surface area contributed by atoms with Crippen LogP contribution in [0, 0.1) is 0 Å². The van der Waals surface area contributed by atoms with Gasteiger partial charge in [0.25, 0.3) is 0 Å². The zero-order chi connectivity index (χ0) is 14.7. The summed E-state index contributed by atoms with van der Waals surface area (Å²) < 4.78 is 5.98. The Morgan fingerprint density at radius 2 is 2.05 bits per heavy atom. The molecule has 5 heteroatoms. The molecule has 2 rings (SSSR count). The van der Waals surface area contributed by atoms with E-state index in [2.05, 4.69) is 15.9 Å². The van der Waals surface area contributed by atoms with Crippen molar-refractivity contribution in [2.45, 2.75) is 6.42 Å². The van der Waals surface area contributed by atoms with Crippen LogP contribution in [0.4, 0.5) is 5.69 Å². The summed E-state index contributed by atoms with van der Waals surface area (Å²) in [4.78, 5) is 12.2. The van der Waals surface area contributed by atoms with Gasteiger partial charge in [0, 0.05) is 12.0 Å². The summed E-state index contributed by atoms with van der Waals surface area (Å²) in [7, 11) is 1.60. The van der Waals surface area contributed by atoms with Crippen molar-refractivity contribution in [3.8, 4) is 5.75 Å². The molecule has 0 spiro atoms. The molecular weight excluding hydrogens is 342 g/mol. The van der Waals surface area contributed by atoms with E-state index in [-0.39, 0.29) is 5.78 Å². The molecule has 0 heterocycles. The molecule has 0 amide bonds. The monoisotopic (exact) mass is 353 g/mol. The predicted octanol–water partition coefficient (Wildman–Crippen LogP) is 4.12. The Bertz CT molecular complexity index is 658. The molecule has 0 saturated carbocycles. The van der Waals surface area contributed by atoms with E-state index >= 15 is 0 Å². The van der Waals surface area contributed by atoms with E-state index in [9.17, 15) is 4.79 Å². The van der Waals surface area contributed by atoms with Crippen molar-refractivity contribution in [2.75, 3.05) is 12.8 Å². The Kier molecular flexibility index (Phi) is 4.68. The lowest BCUT2D eigenvalue weighted by atomic mass is 10.0. The van der Waals surface area contributed by atoms with Gasteiger partial charge in [0.15, 0.2) is 5.78 Å². The highest BCUT2D eigenvalue weighted by atomic mass is 79.9. The molecule has 20 heavy (non-hydrogen) atoms. The first-order valence-corrected chi connectivity index (χ1v) is 7.09. The SMILES string of the molecule is COc1ccc(CC(=O)c2ccc(Cl)c(N)c2)cc1Br. The number of hydrogen-bond acceptors (Lipinski definition) is 3. The smallest absolute Gasteiger partial charge is 0.167 e. The Morgan fingerprint density at radius 3 is 2.65 bits per heavy atom. The van der Waals surface area contributed by atoms with Crippen LogP contribution in [0.25, 0.3) is 0 Å². The molecule has 0 aromatic heterocycles. The van der Waals surface area contributed by atoms with Crippen molar-refractivity contribution in [3.63, 3.8) is 0 Å². The minimum absolute atomic E-state index is 0.00886. The van der Waals surface area contributed by atoms with Crippen LogP contribution >= 0.6 is 27.5 Å². The maximum Gasteiger partial charge on any atom is 0.167 e. The molecule has 0 bridgehead atoms. The molecule has 0 saturated heterocycles. The van der Waals surface area contributed by atoms with Crippen molar-refractivity contribution < 1.29 is 9.53 Å². The molecule has 0 atom stereocenters. The molecule has 0 aliphatic heterocycles. The number of anilines is 1. The molecule has 0 fully saturated rings. The number of nitrogen functional groups attached to an aromatic ring is 1. The van der Waals surface area contributed by atoms with Gasteiger partial charge in [-0.15, -0.1) is 0 Å². The molecule has 0 radical (unpaired) electrons. The Balaban J connectivity index is 2.19. The zero-order valence-corrected chi connectivity index (χ0v) is 13.2. The summed E-state index contributed by atoms with van der Waals surface area (Å²) >= 11 is 9.24. The molecule has 2 aromatic carbocycles. The fourth-order valence-corrected chi connectivity index (χ4v) is 2.53. The number of ether oxygens (including phenoxy) is 1. The van der Waals surface area contributed by atoms with Crippen molar-refractivity contribution in [1.82, 2.24) is 0 Å². The van der Waals surface area contributed by atoms with Gasteiger partial charge in [0.1, 0.15) is 5.75 Å². The number of carbonyl (C=O) groups excluding carboxylic acids is 1. The molecule has 104 valence electrons. The van der Waals surface area contributed by atoms with E-state index in [0.29, 0.717) is 22.7 Å². The average Bonchev–Trinajstić information content (AvgIpc) is 2.42. The van der Waals surface area contributed by atoms with E-state index in [4.69, 9.17) is 22.1 Å². The molecule has 2 aromatic rings. The minimum atomic E-state index is -0.00886. The van der Waals surface area contributed by atoms with Crippen LogP contribution in [0.2, 0.25) is 5.02 Å². The van der Waals surface area contributed by atoms with Gasteiger partial charge in [-0.05, 0) is 51.8 Å². The lowest BCUT2D eigenvalue weighted by Crippen LogP contribution is -2.04. The van der Waals surface area contributed by atoms with Crippen molar-refractivity contribution in [3.05, 3.63) is 57.0 Å². The third-order valence-corrected chi connectivity index (χ3v) is 3.86. The first-order chi connectivity index (χ1) is 9.51. The van der Waals surface area contributed by atoms with Gasteiger partial charge in [-0.3, -0.25) is 4.79 Å². The fourth-order valence-electron chi connectivity index (χ4n) is 1.82. The Morgan fingerprint density at radius 1 is 1.30 bits per heavy atom. The zero-order valence-electron chi connectivity index (χ0n) is 10.8. The molecule has 2 N–H and O–H groups in total. The molecular formula is C15H13BrClNO2. The predicted molar refractivity (Wildman–Crippen MR) is 84.6 cm³/mol. The van der Waals surface area contributed by atoms with E-state index < -0.39 is 0 Å². The number of hydrogen-bond donors (Lipinski definition) is 1. The number of rotatable bonds is 4. The number of Topliss-reactive ketones (excluding diaryl/α,β-unsaturated/α-hetero) is 1. The first-order valence-electron chi connectivity index (χ1n) is 5.92. The summed E-state index contributed by atoms with van der Waals surface area (Å²) in [5.74, 6) is 0.724. The highest BCUT2D eigenvalue weighted by molar-refractivity contribution is 9.10. The molecule has 0 aliphatic carbocycles. The second-order valence-electron chi connectivity index (χ2n) is 4.31. The Hall–Kier alpha value is -1.52. The van der Waals surface area contributed by atoms with Crippen LogP contribution in [0.1, 0.15) is 15.9 Å². The third-order valence-electron chi connectivity index (χ3n) is 2.90. The largest absolute Gasteiger partial charge is 0.496 e. The van der Waals surface area contributed by atoms with Gasteiger partial charge in [-0.1, -0.05) is 17.7 Å².